The fraction of sp³-hybridized carbons (Fsp3) is 0.333. The predicted molar refractivity (Wildman–Crippen MR) is 81.8 cm³/mol. The van der Waals surface area contributed by atoms with Gasteiger partial charge in [0.05, 0.1) is 12.2 Å². The van der Waals surface area contributed by atoms with Gasteiger partial charge in [-0.3, -0.25) is 5.10 Å². The Morgan fingerprint density at radius 2 is 2.09 bits per heavy atom. The molecule has 0 saturated carbocycles. The Labute approximate surface area is 128 Å². The molecule has 1 aliphatic heterocycles. The van der Waals surface area contributed by atoms with Crippen LogP contribution in [0.4, 0.5) is 5.82 Å². The minimum absolute atomic E-state index is 0.652. The summed E-state index contributed by atoms with van der Waals surface area (Å²) in [4.78, 5) is 2.24. The first kappa shape index (κ1) is 13.0. The van der Waals surface area contributed by atoms with E-state index in [1.54, 1.807) is 4.68 Å². The number of tetrazole rings is 1. The zero-order valence-corrected chi connectivity index (χ0v) is 12.4. The van der Waals surface area contributed by atoms with Crippen LogP contribution >= 0.6 is 0 Å². The molecule has 1 aromatic carbocycles. The van der Waals surface area contributed by atoms with Gasteiger partial charge in [-0.2, -0.15) is 9.78 Å². The van der Waals surface area contributed by atoms with Crippen LogP contribution in [0.5, 0.6) is 0 Å². The smallest absolute Gasteiger partial charge is 0.175 e. The molecule has 4 rings (SSSR count). The Bertz CT molecular complexity index is 774. The molecule has 2 aromatic heterocycles. The molecular weight excluding hydrogens is 278 g/mol. The number of nitrogens with one attached hydrogen (secondary N) is 1. The average Bonchev–Trinajstić information content (AvgIpc) is 3.16. The van der Waals surface area contributed by atoms with Gasteiger partial charge in [-0.1, -0.05) is 18.2 Å². The number of H-pyrrole nitrogens is 1. The van der Waals surface area contributed by atoms with Gasteiger partial charge in [-0.05, 0) is 42.3 Å². The van der Waals surface area contributed by atoms with Gasteiger partial charge in [0.1, 0.15) is 0 Å². The van der Waals surface area contributed by atoms with Crippen LogP contribution in [-0.4, -0.2) is 36.9 Å². The first-order valence-electron chi connectivity index (χ1n) is 7.44. The second-order valence-corrected chi connectivity index (χ2v) is 5.52. The quantitative estimate of drug-likeness (QED) is 0.795. The lowest BCUT2D eigenvalue weighted by Crippen LogP contribution is -2.30. The molecule has 0 amide bonds. The van der Waals surface area contributed by atoms with Crippen LogP contribution in [0.3, 0.4) is 0 Å². The lowest BCUT2D eigenvalue weighted by Gasteiger charge is -2.27. The number of para-hydroxylation sites is 1. The minimum atomic E-state index is 0.652. The predicted octanol–water partition coefficient (Wildman–Crippen LogP) is 1.65. The molecule has 1 N–H and O–H groups in total. The largest absolute Gasteiger partial charge is 0.347 e. The van der Waals surface area contributed by atoms with Crippen LogP contribution < -0.4 is 4.90 Å². The van der Waals surface area contributed by atoms with E-state index < -0.39 is 0 Å². The highest BCUT2D eigenvalue weighted by molar-refractivity contribution is 5.51. The van der Waals surface area contributed by atoms with Gasteiger partial charge < -0.3 is 4.90 Å². The zero-order chi connectivity index (χ0) is 14.9. The molecule has 0 unspecified atom stereocenters. The Hall–Kier alpha value is -2.70. The van der Waals surface area contributed by atoms with Crippen LogP contribution in [-0.2, 0) is 13.0 Å². The van der Waals surface area contributed by atoms with Crippen LogP contribution in [0.2, 0.25) is 0 Å². The zero-order valence-electron chi connectivity index (χ0n) is 12.4. The third-order valence-corrected chi connectivity index (χ3v) is 4.07. The van der Waals surface area contributed by atoms with Crippen molar-refractivity contribution < 1.29 is 0 Å². The van der Waals surface area contributed by atoms with Crippen molar-refractivity contribution in [3.63, 3.8) is 0 Å². The van der Waals surface area contributed by atoms with E-state index in [-0.39, 0.29) is 0 Å². The molecule has 0 atom stereocenters. The lowest BCUT2D eigenvalue weighted by molar-refractivity contribution is 0.652. The molecule has 3 heterocycles. The number of aromatic amines is 1. The Morgan fingerprint density at radius 1 is 1.23 bits per heavy atom. The highest BCUT2D eigenvalue weighted by atomic mass is 15.5. The topological polar surface area (TPSA) is 75.5 Å². The molecule has 0 aliphatic carbocycles. The first-order chi connectivity index (χ1) is 10.8. The van der Waals surface area contributed by atoms with Crippen molar-refractivity contribution in [2.45, 2.75) is 26.3 Å². The van der Waals surface area contributed by atoms with Crippen LogP contribution in [0, 0.1) is 6.92 Å². The number of nitrogens with zero attached hydrogens (tertiary/aromatic N) is 6. The fourth-order valence-corrected chi connectivity index (χ4v) is 2.95. The molecule has 0 radical (unpaired) electrons. The van der Waals surface area contributed by atoms with Crippen molar-refractivity contribution in [3.05, 3.63) is 47.4 Å². The Balaban J connectivity index is 1.65. The Kier molecular flexibility index (Phi) is 3.10. The van der Waals surface area contributed by atoms with E-state index >= 15 is 0 Å². The summed E-state index contributed by atoms with van der Waals surface area (Å²) in [6.07, 6.45) is 2.21. The van der Waals surface area contributed by atoms with Crippen molar-refractivity contribution in [2.75, 3.05) is 11.4 Å². The van der Waals surface area contributed by atoms with Crippen LogP contribution in [0.15, 0.2) is 30.3 Å². The molecule has 22 heavy (non-hydrogen) atoms. The monoisotopic (exact) mass is 295 g/mol. The van der Waals surface area contributed by atoms with Gasteiger partial charge in [0.15, 0.2) is 11.6 Å². The third-order valence-electron chi connectivity index (χ3n) is 4.07. The van der Waals surface area contributed by atoms with Crippen molar-refractivity contribution >= 4 is 5.82 Å². The van der Waals surface area contributed by atoms with Gasteiger partial charge in [0.2, 0.25) is 0 Å². The van der Waals surface area contributed by atoms with Crippen molar-refractivity contribution in [2.24, 2.45) is 0 Å². The van der Waals surface area contributed by atoms with Crippen molar-refractivity contribution in [1.29, 1.82) is 0 Å². The molecular formula is C15H17N7. The summed E-state index contributed by atoms with van der Waals surface area (Å²) in [5.74, 6) is 1.85. The van der Waals surface area contributed by atoms with E-state index in [0.29, 0.717) is 6.54 Å². The summed E-state index contributed by atoms with van der Waals surface area (Å²) in [5.41, 5.74) is 3.44. The van der Waals surface area contributed by atoms with Gasteiger partial charge in [-0.15, -0.1) is 5.10 Å². The standard InChI is InChI=1S/C15H17N7/c1-11-13-8-5-9-21(15(13)18-16-11)10-14-17-19-20-22(14)12-6-3-2-4-7-12/h2-4,6-7H,5,8-10H2,1H3,(H,16,18). The summed E-state index contributed by atoms with van der Waals surface area (Å²) >= 11 is 0. The highest BCUT2D eigenvalue weighted by Crippen LogP contribution is 2.28. The van der Waals surface area contributed by atoms with Gasteiger partial charge in [0, 0.05) is 17.8 Å². The van der Waals surface area contributed by atoms with E-state index in [2.05, 4.69) is 37.5 Å². The number of hydrogen-bond acceptors (Lipinski definition) is 5. The molecule has 0 fully saturated rings. The SMILES string of the molecule is Cc1[nH]nc2c1CCCN2Cc1nnnn1-c1ccccc1. The normalized spacial score (nSPS) is 14.1. The summed E-state index contributed by atoms with van der Waals surface area (Å²) in [7, 11) is 0. The second kappa shape index (κ2) is 5.25. The molecule has 112 valence electrons. The van der Waals surface area contributed by atoms with E-state index in [9.17, 15) is 0 Å². The minimum Gasteiger partial charge on any atom is -0.347 e. The maximum atomic E-state index is 4.44. The van der Waals surface area contributed by atoms with E-state index in [4.69, 9.17) is 0 Å². The molecule has 1 aliphatic rings. The van der Waals surface area contributed by atoms with Crippen molar-refractivity contribution in [1.82, 2.24) is 30.4 Å². The second-order valence-electron chi connectivity index (χ2n) is 5.52. The number of rotatable bonds is 3. The number of anilines is 1. The summed E-state index contributed by atoms with van der Waals surface area (Å²) in [6, 6.07) is 9.95. The van der Waals surface area contributed by atoms with E-state index in [1.165, 1.54) is 5.56 Å². The maximum Gasteiger partial charge on any atom is 0.175 e. The molecule has 7 heteroatoms. The first-order valence-corrected chi connectivity index (χ1v) is 7.44. The van der Waals surface area contributed by atoms with Gasteiger partial charge in [0.25, 0.3) is 0 Å². The molecule has 0 spiro atoms. The number of fused-ring (bicyclic) bond motifs is 1. The molecule has 0 bridgehead atoms. The summed E-state index contributed by atoms with van der Waals surface area (Å²) in [6.45, 7) is 3.70. The number of aryl methyl sites for hydroxylation is 1. The summed E-state index contributed by atoms with van der Waals surface area (Å²) in [5, 5.41) is 19.7. The van der Waals surface area contributed by atoms with Gasteiger partial charge in [-0.25, -0.2) is 0 Å². The molecule has 0 saturated heterocycles. The van der Waals surface area contributed by atoms with Crippen LogP contribution in [0.1, 0.15) is 23.5 Å². The van der Waals surface area contributed by atoms with Crippen molar-refractivity contribution in [3.8, 4) is 5.69 Å². The van der Waals surface area contributed by atoms with Gasteiger partial charge >= 0.3 is 0 Å². The molecule has 7 nitrogen and oxygen atoms in total. The molecule has 3 aromatic rings. The Morgan fingerprint density at radius 3 is 2.95 bits per heavy atom. The average molecular weight is 295 g/mol. The number of hydrogen-bond donors (Lipinski definition) is 1. The lowest BCUT2D eigenvalue weighted by atomic mass is 10.1. The number of benzene rings is 1. The van der Waals surface area contributed by atoms with E-state index in [0.717, 1.165) is 42.4 Å². The summed E-state index contributed by atoms with van der Waals surface area (Å²) < 4.78 is 1.79. The van der Waals surface area contributed by atoms with Crippen LogP contribution in [0.25, 0.3) is 5.69 Å². The maximum absolute atomic E-state index is 4.44. The number of aromatic nitrogens is 6. The van der Waals surface area contributed by atoms with E-state index in [1.807, 2.05) is 30.3 Å². The highest BCUT2D eigenvalue weighted by Gasteiger charge is 2.23. The fourth-order valence-electron chi connectivity index (χ4n) is 2.95. The third kappa shape index (κ3) is 2.14.